The summed E-state index contributed by atoms with van der Waals surface area (Å²) in [5.74, 6) is 0.706. The highest BCUT2D eigenvalue weighted by Gasteiger charge is 2.08. The van der Waals surface area contributed by atoms with Gasteiger partial charge in [-0.05, 0) is 32.6 Å². The maximum atomic E-state index is 11.6. The van der Waals surface area contributed by atoms with Crippen LogP contribution in [0, 0.1) is 19.8 Å². The third-order valence-electron chi connectivity index (χ3n) is 3.25. The molecule has 0 spiro atoms. The van der Waals surface area contributed by atoms with E-state index in [0.29, 0.717) is 18.9 Å². The predicted octanol–water partition coefficient (Wildman–Crippen LogP) is 1.98. The largest absolute Gasteiger partial charge is 0.481 e. The van der Waals surface area contributed by atoms with Gasteiger partial charge in [-0.3, -0.25) is 4.79 Å². The van der Waals surface area contributed by atoms with Gasteiger partial charge in [0.05, 0.1) is 12.2 Å². The van der Waals surface area contributed by atoms with E-state index in [-0.39, 0.29) is 24.9 Å². The topological polar surface area (TPSA) is 104 Å². The second-order valence-electron chi connectivity index (χ2n) is 5.18. The molecular formula is C14H23N3O4. The Balaban J connectivity index is 2.15. The van der Waals surface area contributed by atoms with Crippen LogP contribution in [0.2, 0.25) is 0 Å². The molecule has 0 bridgehead atoms. The Bertz CT molecular complexity index is 465. The predicted molar refractivity (Wildman–Crippen MR) is 76.9 cm³/mol. The van der Waals surface area contributed by atoms with Crippen LogP contribution < -0.4 is 10.6 Å². The van der Waals surface area contributed by atoms with E-state index >= 15 is 0 Å². The fourth-order valence-corrected chi connectivity index (χ4v) is 1.78. The molecule has 0 saturated heterocycles. The van der Waals surface area contributed by atoms with Gasteiger partial charge in [0, 0.05) is 13.0 Å². The minimum atomic E-state index is -0.788. The highest BCUT2D eigenvalue weighted by molar-refractivity contribution is 5.73. The zero-order valence-electron chi connectivity index (χ0n) is 12.7. The first-order valence-electron chi connectivity index (χ1n) is 7.05. The molecule has 118 valence electrons. The number of oxazole rings is 1. The molecule has 1 rings (SSSR count). The number of urea groups is 1. The van der Waals surface area contributed by atoms with E-state index in [1.807, 2.05) is 20.8 Å². The Kier molecular flexibility index (Phi) is 6.71. The van der Waals surface area contributed by atoms with Crippen molar-refractivity contribution in [1.29, 1.82) is 0 Å². The maximum absolute atomic E-state index is 11.6. The smallest absolute Gasteiger partial charge is 0.315 e. The van der Waals surface area contributed by atoms with Crippen molar-refractivity contribution in [3.63, 3.8) is 0 Å². The average Bonchev–Trinajstić information content (AvgIpc) is 2.73. The quantitative estimate of drug-likeness (QED) is 0.680. The van der Waals surface area contributed by atoms with Crippen LogP contribution in [0.4, 0.5) is 4.79 Å². The van der Waals surface area contributed by atoms with Gasteiger partial charge in [0.15, 0.2) is 0 Å². The van der Waals surface area contributed by atoms with Gasteiger partial charge in [-0.25, -0.2) is 9.78 Å². The van der Waals surface area contributed by atoms with Crippen molar-refractivity contribution in [2.45, 2.75) is 46.6 Å². The number of amides is 2. The minimum absolute atomic E-state index is 0.163. The van der Waals surface area contributed by atoms with Crippen LogP contribution in [-0.4, -0.2) is 28.6 Å². The molecule has 0 aromatic carbocycles. The van der Waals surface area contributed by atoms with Gasteiger partial charge in [0.2, 0.25) is 5.89 Å². The van der Waals surface area contributed by atoms with E-state index in [0.717, 1.165) is 17.9 Å². The van der Waals surface area contributed by atoms with E-state index in [2.05, 4.69) is 15.6 Å². The van der Waals surface area contributed by atoms with Crippen LogP contribution in [0.15, 0.2) is 4.42 Å². The molecule has 21 heavy (non-hydrogen) atoms. The van der Waals surface area contributed by atoms with Gasteiger partial charge in [0.25, 0.3) is 0 Å². The number of aryl methyl sites for hydroxylation is 2. The lowest BCUT2D eigenvalue weighted by molar-refractivity contribution is -0.137. The van der Waals surface area contributed by atoms with E-state index in [1.165, 1.54) is 0 Å². The summed E-state index contributed by atoms with van der Waals surface area (Å²) in [6.07, 6.45) is 1.53. The van der Waals surface area contributed by atoms with Gasteiger partial charge in [-0.15, -0.1) is 0 Å². The Labute approximate surface area is 124 Å². The third-order valence-corrected chi connectivity index (χ3v) is 3.25. The summed E-state index contributed by atoms with van der Waals surface area (Å²) in [6.45, 7) is 6.40. The van der Waals surface area contributed by atoms with Crippen LogP contribution in [0.1, 0.15) is 43.5 Å². The molecule has 1 atom stereocenters. The number of rotatable bonds is 8. The van der Waals surface area contributed by atoms with E-state index < -0.39 is 5.97 Å². The van der Waals surface area contributed by atoms with Crippen molar-refractivity contribution in [3.05, 3.63) is 17.3 Å². The fourth-order valence-electron chi connectivity index (χ4n) is 1.78. The number of carboxylic acid groups (broad SMARTS) is 1. The summed E-state index contributed by atoms with van der Waals surface area (Å²) in [5, 5.41) is 14.0. The lowest BCUT2D eigenvalue weighted by Gasteiger charge is -2.11. The summed E-state index contributed by atoms with van der Waals surface area (Å²) < 4.78 is 5.35. The molecule has 0 aliphatic heterocycles. The number of carbonyl (C=O) groups is 2. The number of carboxylic acids is 1. The maximum Gasteiger partial charge on any atom is 0.315 e. The van der Waals surface area contributed by atoms with Crippen molar-refractivity contribution in [2.24, 2.45) is 5.92 Å². The monoisotopic (exact) mass is 297 g/mol. The molecule has 1 unspecified atom stereocenters. The van der Waals surface area contributed by atoms with Crippen molar-refractivity contribution < 1.29 is 19.1 Å². The van der Waals surface area contributed by atoms with Crippen LogP contribution in [0.3, 0.4) is 0 Å². The molecule has 1 aromatic rings. The lowest BCUT2D eigenvalue weighted by atomic mass is 10.0. The zero-order valence-corrected chi connectivity index (χ0v) is 12.7. The summed E-state index contributed by atoms with van der Waals surface area (Å²) in [5.41, 5.74) is 0.819. The first kappa shape index (κ1) is 17.0. The molecule has 1 heterocycles. The van der Waals surface area contributed by atoms with Gasteiger partial charge < -0.3 is 20.2 Å². The van der Waals surface area contributed by atoms with Crippen molar-refractivity contribution >= 4 is 12.0 Å². The molecule has 0 aliphatic rings. The number of nitrogens with one attached hydrogen (secondary N) is 2. The Morgan fingerprint density at radius 1 is 1.29 bits per heavy atom. The normalized spacial score (nSPS) is 12.0. The standard InChI is InChI=1S/C14H23N3O4/c1-9(4-5-13(18)19)6-7-15-14(20)16-8-12-17-10(2)11(3)21-12/h9H,4-8H2,1-3H3,(H,18,19)(H2,15,16,20). The van der Waals surface area contributed by atoms with Gasteiger partial charge >= 0.3 is 12.0 Å². The van der Waals surface area contributed by atoms with E-state index in [9.17, 15) is 9.59 Å². The molecule has 1 aromatic heterocycles. The number of nitrogens with zero attached hydrogens (tertiary/aromatic N) is 1. The summed E-state index contributed by atoms with van der Waals surface area (Å²) in [4.78, 5) is 26.2. The number of hydrogen-bond donors (Lipinski definition) is 3. The summed E-state index contributed by atoms with van der Waals surface area (Å²) in [6, 6.07) is -0.283. The average molecular weight is 297 g/mol. The zero-order chi connectivity index (χ0) is 15.8. The van der Waals surface area contributed by atoms with Crippen molar-refractivity contribution in [1.82, 2.24) is 15.6 Å². The van der Waals surface area contributed by atoms with Crippen LogP contribution in [0.25, 0.3) is 0 Å². The minimum Gasteiger partial charge on any atom is -0.481 e. The number of aliphatic carboxylic acids is 1. The number of hydrogen-bond acceptors (Lipinski definition) is 4. The lowest BCUT2D eigenvalue weighted by Crippen LogP contribution is -2.36. The molecule has 7 nitrogen and oxygen atoms in total. The Morgan fingerprint density at radius 3 is 2.57 bits per heavy atom. The molecular weight excluding hydrogens is 274 g/mol. The van der Waals surface area contributed by atoms with Crippen LogP contribution >= 0.6 is 0 Å². The van der Waals surface area contributed by atoms with Crippen LogP contribution in [-0.2, 0) is 11.3 Å². The highest BCUT2D eigenvalue weighted by atomic mass is 16.4. The fraction of sp³-hybridized carbons (Fsp3) is 0.643. The van der Waals surface area contributed by atoms with Crippen molar-refractivity contribution in [2.75, 3.05) is 6.54 Å². The molecule has 0 fully saturated rings. The first-order valence-corrected chi connectivity index (χ1v) is 7.05. The van der Waals surface area contributed by atoms with Gasteiger partial charge in [0.1, 0.15) is 5.76 Å². The SMILES string of the molecule is Cc1nc(CNC(=O)NCCC(C)CCC(=O)O)oc1C. The first-order chi connectivity index (χ1) is 9.88. The summed E-state index contributed by atoms with van der Waals surface area (Å²) in [7, 11) is 0. The second-order valence-corrected chi connectivity index (χ2v) is 5.18. The molecule has 3 N–H and O–H groups in total. The summed E-state index contributed by atoms with van der Waals surface area (Å²) >= 11 is 0. The Morgan fingerprint density at radius 2 is 2.00 bits per heavy atom. The highest BCUT2D eigenvalue weighted by Crippen LogP contribution is 2.09. The van der Waals surface area contributed by atoms with Gasteiger partial charge in [-0.1, -0.05) is 6.92 Å². The molecule has 7 heteroatoms. The molecule has 2 amide bonds. The second kappa shape index (κ2) is 8.28. The van der Waals surface area contributed by atoms with Gasteiger partial charge in [-0.2, -0.15) is 0 Å². The van der Waals surface area contributed by atoms with Crippen LogP contribution in [0.5, 0.6) is 0 Å². The molecule has 0 aliphatic carbocycles. The van der Waals surface area contributed by atoms with E-state index in [4.69, 9.17) is 9.52 Å². The Hall–Kier alpha value is -2.05. The molecule has 0 saturated carbocycles. The molecule has 0 radical (unpaired) electrons. The third kappa shape index (κ3) is 6.78. The number of aromatic nitrogens is 1. The van der Waals surface area contributed by atoms with E-state index in [1.54, 1.807) is 0 Å². The number of carbonyl (C=O) groups excluding carboxylic acids is 1. The van der Waals surface area contributed by atoms with Crippen molar-refractivity contribution in [3.8, 4) is 0 Å².